The number of halogens is 1. The normalized spacial score (nSPS) is 10.8. The largest absolute Gasteiger partial charge is 0.495 e. The van der Waals surface area contributed by atoms with E-state index in [0.29, 0.717) is 0 Å². The summed E-state index contributed by atoms with van der Waals surface area (Å²) in [6.07, 6.45) is 0. The highest BCUT2D eigenvalue weighted by atomic mass is 35.5. The van der Waals surface area contributed by atoms with E-state index in [1.807, 2.05) is 30.3 Å². The Morgan fingerprint density at radius 3 is 2.19 bits per heavy atom. The maximum absolute atomic E-state index is 13.2. The van der Waals surface area contributed by atoms with Crippen LogP contribution in [0.3, 0.4) is 0 Å². The molecule has 37 heavy (non-hydrogen) atoms. The highest BCUT2D eigenvalue weighted by molar-refractivity contribution is 7.92. The van der Waals surface area contributed by atoms with Crippen LogP contribution in [0.1, 0.15) is 15.9 Å². The molecule has 3 aromatic rings. The topological polar surface area (TPSA) is 129 Å². The fraction of sp³-hybridized carbons (Fsp3) is 0.200. The van der Waals surface area contributed by atoms with Crippen molar-refractivity contribution in [3.05, 3.63) is 76.8 Å². The minimum atomic E-state index is -4.29. The summed E-state index contributed by atoms with van der Waals surface area (Å²) in [6.45, 7) is -0.272. The first-order valence-corrected chi connectivity index (χ1v) is 12.6. The lowest BCUT2D eigenvalue weighted by Crippen LogP contribution is -2.28. The Morgan fingerprint density at radius 1 is 0.865 bits per heavy atom. The SMILES string of the molecule is COc1cc(OC)c(NS(=O)(=O)c2cc(C(=O)OCC(=O)NCc3ccccc3)ccc2OC)cc1Cl. The molecular weight excluding hydrogens is 524 g/mol. The Hall–Kier alpha value is -3.96. The number of nitrogens with one attached hydrogen (secondary N) is 2. The van der Waals surface area contributed by atoms with Crippen LogP contribution in [0.2, 0.25) is 5.02 Å². The van der Waals surface area contributed by atoms with Gasteiger partial charge in [0.15, 0.2) is 6.61 Å². The van der Waals surface area contributed by atoms with Gasteiger partial charge < -0.3 is 24.3 Å². The third kappa shape index (κ3) is 7.05. The molecule has 0 aliphatic heterocycles. The predicted octanol–water partition coefficient (Wildman–Crippen LogP) is 3.64. The van der Waals surface area contributed by atoms with E-state index in [-0.39, 0.29) is 45.0 Å². The molecule has 196 valence electrons. The maximum Gasteiger partial charge on any atom is 0.338 e. The van der Waals surface area contributed by atoms with E-state index >= 15 is 0 Å². The Labute approximate surface area is 219 Å². The summed E-state index contributed by atoms with van der Waals surface area (Å²) in [5.41, 5.74) is 0.824. The van der Waals surface area contributed by atoms with Gasteiger partial charge in [0, 0.05) is 12.6 Å². The van der Waals surface area contributed by atoms with Crippen molar-refractivity contribution in [2.24, 2.45) is 0 Å². The van der Waals surface area contributed by atoms with Crippen LogP contribution in [0, 0.1) is 0 Å². The molecule has 0 aliphatic rings. The monoisotopic (exact) mass is 548 g/mol. The molecule has 12 heteroatoms. The van der Waals surface area contributed by atoms with E-state index in [2.05, 4.69) is 10.0 Å². The number of hydrogen-bond acceptors (Lipinski definition) is 8. The first-order chi connectivity index (χ1) is 17.7. The van der Waals surface area contributed by atoms with Gasteiger partial charge in [-0.25, -0.2) is 13.2 Å². The van der Waals surface area contributed by atoms with Gasteiger partial charge in [0.25, 0.3) is 15.9 Å². The van der Waals surface area contributed by atoms with Crippen molar-refractivity contribution in [1.29, 1.82) is 0 Å². The highest BCUT2D eigenvalue weighted by Gasteiger charge is 2.24. The molecule has 0 aromatic heterocycles. The van der Waals surface area contributed by atoms with Crippen molar-refractivity contribution in [2.45, 2.75) is 11.4 Å². The molecule has 2 N–H and O–H groups in total. The van der Waals surface area contributed by atoms with Gasteiger partial charge in [-0.1, -0.05) is 41.9 Å². The summed E-state index contributed by atoms with van der Waals surface area (Å²) in [5.74, 6) is -0.983. The molecule has 0 saturated carbocycles. The molecule has 1 amide bonds. The summed E-state index contributed by atoms with van der Waals surface area (Å²) in [7, 11) is -0.243. The highest BCUT2D eigenvalue weighted by Crippen LogP contribution is 2.37. The van der Waals surface area contributed by atoms with Gasteiger partial charge in [0.2, 0.25) is 0 Å². The zero-order chi connectivity index (χ0) is 27.0. The van der Waals surface area contributed by atoms with Crippen LogP contribution in [0.5, 0.6) is 17.2 Å². The van der Waals surface area contributed by atoms with Gasteiger partial charge in [-0.2, -0.15) is 0 Å². The number of hydrogen-bond donors (Lipinski definition) is 2. The fourth-order valence-corrected chi connectivity index (χ4v) is 4.71. The van der Waals surface area contributed by atoms with Crippen LogP contribution in [0.4, 0.5) is 5.69 Å². The Balaban J connectivity index is 1.76. The summed E-state index contributed by atoms with van der Waals surface area (Å²) in [4.78, 5) is 24.3. The number of ether oxygens (including phenoxy) is 4. The van der Waals surface area contributed by atoms with Crippen molar-refractivity contribution < 1.29 is 37.0 Å². The number of benzene rings is 3. The van der Waals surface area contributed by atoms with E-state index < -0.39 is 28.5 Å². The average Bonchev–Trinajstić information content (AvgIpc) is 2.90. The van der Waals surface area contributed by atoms with Gasteiger partial charge in [0.05, 0.1) is 37.6 Å². The molecule has 0 saturated heterocycles. The van der Waals surface area contributed by atoms with E-state index in [4.69, 9.17) is 30.5 Å². The number of esters is 1. The summed E-state index contributed by atoms with van der Waals surface area (Å²) >= 11 is 6.14. The number of rotatable bonds is 11. The van der Waals surface area contributed by atoms with Crippen LogP contribution in [0.15, 0.2) is 65.6 Å². The predicted molar refractivity (Wildman–Crippen MR) is 137 cm³/mol. The number of methoxy groups -OCH3 is 3. The van der Waals surface area contributed by atoms with Crippen LogP contribution < -0.4 is 24.2 Å². The van der Waals surface area contributed by atoms with Gasteiger partial charge in [-0.15, -0.1) is 0 Å². The lowest BCUT2D eigenvalue weighted by molar-refractivity contribution is -0.124. The molecule has 0 heterocycles. The van der Waals surface area contributed by atoms with E-state index in [0.717, 1.165) is 11.6 Å². The minimum Gasteiger partial charge on any atom is -0.495 e. The number of sulfonamides is 1. The summed E-state index contributed by atoms with van der Waals surface area (Å²) in [6, 6.07) is 15.7. The number of carbonyl (C=O) groups excluding carboxylic acids is 2. The van der Waals surface area contributed by atoms with Crippen molar-refractivity contribution >= 4 is 39.2 Å². The molecule has 3 aromatic carbocycles. The second-order valence-electron chi connectivity index (χ2n) is 7.50. The Kier molecular flexibility index (Phi) is 9.20. The third-order valence-electron chi connectivity index (χ3n) is 5.07. The van der Waals surface area contributed by atoms with Gasteiger partial charge in [-0.05, 0) is 29.8 Å². The average molecular weight is 549 g/mol. The van der Waals surface area contributed by atoms with Crippen molar-refractivity contribution in [3.8, 4) is 17.2 Å². The standard InChI is InChI=1S/C25H25ClN2O8S/c1-33-20-10-9-17(25(30)36-15-24(29)27-14-16-7-5-4-6-8-16)11-23(20)37(31,32)28-19-12-18(26)21(34-2)13-22(19)35-3/h4-13,28H,14-15H2,1-3H3,(H,27,29). The van der Waals surface area contributed by atoms with Crippen molar-refractivity contribution in [2.75, 3.05) is 32.7 Å². The zero-order valence-electron chi connectivity index (χ0n) is 20.2. The molecule has 0 fully saturated rings. The molecule has 0 aliphatic carbocycles. The lowest BCUT2D eigenvalue weighted by Gasteiger charge is -2.16. The van der Waals surface area contributed by atoms with E-state index in [9.17, 15) is 18.0 Å². The van der Waals surface area contributed by atoms with E-state index in [1.54, 1.807) is 0 Å². The zero-order valence-corrected chi connectivity index (χ0v) is 21.8. The summed E-state index contributed by atoms with van der Waals surface area (Å²) in [5, 5.41) is 2.79. The number of amides is 1. The van der Waals surface area contributed by atoms with E-state index in [1.165, 1.54) is 45.6 Å². The fourth-order valence-electron chi connectivity index (χ4n) is 3.22. The Morgan fingerprint density at radius 2 is 1.54 bits per heavy atom. The van der Waals surface area contributed by atoms with Crippen LogP contribution in [-0.2, 0) is 26.1 Å². The third-order valence-corrected chi connectivity index (χ3v) is 6.76. The maximum atomic E-state index is 13.2. The van der Waals surface area contributed by atoms with Crippen LogP contribution >= 0.6 is 11.6 Å². The molecule has 0 radical (unpaired) electrons. The first-order valence-electron chi connectivity index (χ1n) is 10.8. The number of anilines is 1. The minimum absolute atomic E-state index is 0.0248. The molecule has 0 unspecified atom stereocenters. The second-order valence-corrected chi connectivity index (χ2v) is 9.55. The molecule has 10 nitrogen and oxygen atoms in total. The first kappa shape index (κ1) is 27.6. The molecule has 0 spiro atoms. The Bertz CT molecular complexity index is 1380. The molecule has 0 bridgehead atoms. The number of carbonyl (C=O) groups is 2. The second kappa shape index (κ2) is 12.3. The van der Waals surface area contributed by atoms with Gasteiger partial charge in [-0.3, -0.25) is 9.52 Å². The van der Waals surface area contributed by atoms with Crippen molar-refractivity contribution in [3.63, 3.8) is 0 Å². The van der Waals surface area contributed by atoms with Crippen LogP contribution in [-0.4, -0.2) is 48.2 Å². The smallest absolute Gasteiger partial charge is 0.338 e. The van der Waals surface area contributed by atoms with Crippen molar-refractivity contribution in [1.82, 2.24) is 5.32 Å². The molecular formula is C25H25ClN2O8S. The van der Waals surface area contributed by atoms with Gasteiger partial charge in [0.1, 0.15) is 22.1 Å². The summed E-state index contributed by atoms with van der Waals surface area (Å²) < 4.78 is 49.5. The molecule has 3 rings (SSSR count). The van der Waals surface area contributed by atoms with Crippen LogP contribution in [0.25, 0.3) is 0 Å². The van der Waals surface area contributed by atoms with Gasteiger partial charge >= 0.3 is 5.97 Å². The molecule has 0 atom stereocenters. The quantitative estimate of drug-likeness (QED) is 0.347. The lowest BCUT2D eigenvalue weighted by atomic mass is 10.2.